The van der Waals surface area contributed by atoms with Gasteiger partial charge in [0.1, 0.15) is 5.58 Å². The lowest BCUT2D eigenvalue weighted by atomic mass is 10.1. The third-order valence-corrected chi connectivity index (χ3v) is 6.89. The lowest BCUT2D eigenvalue weighted by Gasteiger charge is -2.33. The van der Waals surface area contributed by atoms with E-state index in [1.807, 2.05) is 43.0 Å². The van der Waals surface area contributed by atoms with E-state index in [4.69, 9.17) is 4.42 Å². The Balaban J connectivity index is 1.51. The number of unbranched alkanes of at least 4 members (excludes halogenated alkanes) is 1. The van der Waals surface area contributed by atoms with Crippen LogP contribution in [-0.4, -0.2) is 6.54 Å². The second kappa shape index (κ2) is 8.71. The maximum atomic E-state index is 12.0. The summed E-state index contributed by atoms with van der Waals surface area (Å²) in [6, 6.07) is 22.8. The average Bonchev–Trinajstić information content (AvgIpc) is 2.79. The molecule has 0 N–H and O–H groups in total. The van der Waals surface area contributed by atoms with Crippen molar-refractivity contribution in [3.8, 4) is 0 Å². The Bertz CT molecular complexity index is 1390. The van der Waals surface area contributed by atoms with E-state index in [2.05, 4.69) is 60.4 Å². The number of hydrogen-bond acceptors (Lipinski definition) is 4. The van der Waals surface area contributed by atoms with Crippen molar-refractivity contribution in [1.82, 2.24) is 0 Å². The molecule has 5 rings (SSSR count). The summed E-state index contributed by atoms with van der Waals surface area (Å²) in [5.74, 6) is 0. The van der Waals surface area contributed by atoms with Crippen molar-refractivity contribution in [2.45, 2.75) is 36.5 Å². The van der Waals surface area contributed by atoms with Crippen molar-refractivity contribution in [3.05, 3.63) is 93.8 Å². The highest BCUT2D eigenvalue weighted by molar-refractivity contribution is 7.99. The van der Waals surface area contributed by atoms with Gasteiger partial charge in [-0.25, -0.2) is 4.79 Å². The molecule has 1 aromatic heterocycles. The molecule has 0 amide bonds. The Morgan fingerprint density at radius 3 is 2.66 bits per heavy atom. The van der Waals surface area contributed by atoms with Crippen LogP contribution >= 0.6 is 11.8 Å². The fraction of sp³-hybridized carbons (Fsp3) is 0.179. The van der Waals surface area contributed by atoms with Gasteiger partial charge in [0.25, 0.3) is 0 Å². The van der Waals surface area contributed by atoms with Crippen LogP contribution in [0.15, 0.2) is 85.7 Å². The van der Waals surface area contributed by atoms with Gasteiger partial charge < -0.3 is 9.32 Å². The van der Waals surface area contributed by atoms with Crippen LogP contribution < -0.4 is 10.5 Å². The molecular weight excluding hydrogens is 414 g/mol. The number of rotatable bonds is 5. The summed E-state index contributed by atoms with van der Waals surface area (Å²) in [5.41, 5.74) is 5.91. The van der Waals surface area contributed by atoms with Gasteiger partial charge >= 0.3 is 5.63 Å². The van der Waals surface area contributed by atoms with E-state index in [1.54, 1.807) is 6.07 Å². The zero-order valence-corrected chi connectivity index (χ0v) is 19.1. The van der Waals surface area contributed by atoms with E-state index in [0.717, 1.165) is 35.0 Å². The molecule has 1 aliphatic heterocycles. The molecule has 1 aliphatic rings. The van der Waals surface area contributed by atoms with Gasteiger partial charge in [0, 0.05) is 27.8 Å². The lowest BCUT2D eigenvalue weighted by Crippen LogP contribution is -2.21. The predicted octanol–water partition coefficient (Wildman–Crippen LogP) is 7.67. The molecule has 0 spiro atoms. The highest BCUT2D eigenvalue weighted by Crippen LogP contribution is 2.48. The van der Waals surface area contributed by atoms with Gasteiger partial charge in [0.2, 0.25) is 0 Å². The highest BCUT2D eigenvalue weighted by Gasteiger charge is 2.22. The van der Waals surface area contributed by atoms with Crippen LogP contribution in [0.4, 0.5) is 11.4 Å². The Hall–Kier alpha value is -3.24. The molecule has 4 aromatic rings. The van der Waals surface area contributed by atoms with Gasteiger partial charge in [-0.2, -0.15) is 0 Å². The second-order valence-electron chi connectivity index (χ2n) is 8.16. The summed E-state index contributed by atoms with van der Waals surface area (Å²) in [7, 11) is 0. The summed E-state index contributed by atoms with van der Waals surface area (Å²) < 4.78 is 5.39. The smallest absolute Gasteiger partial charge is 0.336 e. The molecule has 0 bridgehead atoms. The number of anilines is 2. The Labute approximate surface area is 192 Å². The fourth-order valence-electron chi connectivity index (χ4n) is 4.13. The first kappa shape index (κ1) is 20.7. The van der Waals surface area contributed by atoms with Crippen LogP contribution in [-0.2, 0) is 0 Å². The van der Waals surface area contributed by atoms with Crippen LogP contribution in [0.2, 0.25) is 0 Å². The third kappa shape index (κ3) is 3.98. The van der Waals surface area contributed by atoms with Crippen LogP contribution in [0, 0.1) is 6.92 Å². The quantitative estimate of drug-likeness (QED) is 0.299. The molecule has 2 heterocycles. The number of aryl methyl sites for hydroxylation is 1. The molecule has 160 valence electrons. The first-order chi connectivity index (χ1) is 15.6. The number of nitrogens with zero attached hydrogens (tertiary/aromatic N) is 1. The zero-order valence-electron chi connectivity index (χ0n) is 18.3. The van der Waals surface area contributed by atoms with Crippen molar-refractivity contribution in [2.75, 3.05) is 11.4 Å². The number of para-hydroxylation sites is 1. The molecule has 0 aliphatic carbocycles. The van der Waals surface area contributed by atoms with Gasteiger partial charge in [0.15, 0.2) is 0 Å². The summed E-state index contributed by atoms with van der Waals surface area (Å²) in [6.07, 6.45) is 6.40. The molecule has 0 saturated heterocycles. The fourth-order valence-corrected chi connectivity index (χ4v) is 5.27. The number of fused-ring (bicyclic) bond motifs is 3. The minimum atomic E-state index is -0.327. The second-order valence-corrected chi connectivity index (χ2v) is 9.24. The van der Waals surface area contributed by atoms with E-state index in [-0.39, 0.29) is 5.63 Å². The van der Waals surface area contributed by atoms with Crippen molar-refractivity contribution in [3.63, 3.8) is 0 Å². The zero-order chi connectivity index (χ0) is 22.1. The Morgan fingerprint density at radius 1 is 0.938 bits per heavy atom. The summed E-state index contributed by atoms with van der Waals surface area (Å²) in [5, 5.41) is 0.943. The van der Waals surface area contributed by atoms with E-state index in [0.29, 0.717) is 5.58 Å². The van der Waals surface area contributed by atoms with E-state index in [9.17, 15) is 4.79 Å². The normalized spacial score (nSPS) is 12.9. The average molecular weight is 440 g/mol. The van der Waals surface area contributed by atoms with Crippen molar-refractivity contribution in [2.24, 2.45) is 0 Å². The standard InChI is InChI=1S/C28H25NO2S/c1-3-4-15-29-23-7-5-6-8-26(23)32-27-17-20(11-14-24(27)29)10-12-21-18-28(30)31-25-16-19(2)9-13-22(21)25/h5-14,16-18H,3-4,15H2,1-2H3/b12-10-. The van der Waals surface area contributed by atoms with Crippen molar-refractivity contribution in [1.29, 1.82) is 0 Å². The number of hydrogen-bond donors (Lipinski definition) is 0. The van der Waals surface area contributed by atoms with Crippen LogP contribution in [0.5, 0.6) is 0 Å². The topological polar surface area (TPSA) is 33.5 Å². The van der Waals surface area contributed by atoms with Gasteiger partial charge in [-0.15, -0.1) is 0 Å². The van der Waals surface area contributed by atoms with Crippen molar-refractivity contribution >= 4 is 46.3 Å². The van der Waals surface area contributed by atoms with Gasteiger partial charge in [-0.3, -0.25) is 0 Å². The molecule has 0 fully saturated rings. The highest BCUT2D eigenvalue weighted by atomic mass is 32.2. The molecule has 0 radical (unpaired) electrons. The predicted molar refractivity (Wildman–Crippen MR) is 135 cm³/mol. The molecule has 0 unspecified atom stereocenters. The number of benzene rings is 3. The van der Waals surface area contributed by atoms with Gasteiger partial charge in [0.05, 0.1) is 11.4 Å². The van der Waals surface area contributed by atoms with E-state index < -0.39 is 0 Å². The Morgan fingerprint density at radius 2 is 1.78 bits per heavy atom. The lowest BCUT2D eigenvalue weighted by molar-refractivity contribution is 0.560. The van der Waals surface area contributed by atoms with Crippen LogP contribution in [0.25, 0.3) is 23.1 Å². The van der Waals surface area contributed by atoms with Gasteiger partial charge in [-0.05, 0) is 60.4 Å². The summed E-state index contributed by atoms with van der Waals surface area (Å²) in [6.45, 7) is 5.24. The van der Waals surface area contributed by atoms with Crippen LogP contribution in [0.1, 0.15) is 36.5 Å². The maximum absolute atomic E-state index is 12.0. The van der Waals surface area contributed by atoms with Gasteiger partial charge in [-0.1, -0.05) is 67.6 Å². The monoisotopic (exact) mass is 439 g/mol. The molecule has 3 aromatic carbocycles. The molecule has 32 heavy (non-hydrogen) atoms. The van der Waals surface area contributed by atoms with Crippen molar-refractivity contribution < 1.29 is 4.42 Å². The SMILES string of the molecule is CCCCN1c2ccccc2Sc2cc(/C=C\c3cc(=O)oc4cc(C)ccc34)ccc21. The summed E-state index contributed by atoms with van der Waals surface area (Å²) in [4.78, 5) is 17.0. The summed E-state index contributed by atoms with van der Waals surface area (Å²) >= 11 is 1.82. The minimum Gasteiger partial charge on any atom is -0.423 e. The largest absolute Gasteiger partial charge is 0.423 e. The molecule has 4 heteroatoms. The maximum Gasteiger partial charge on any atom is 0.336 e. The first-order valence-corrected chi connectivity index (χ1v) is 11.8. The molecular formula is C28H25NO2S. The Kier molecular flexibility index (Phi) is 5.62. The van der Waals surface area contributed by atoms with E-state index >= 15 is 0 Å². The molecule has 3 nitrogen and oxygen atoms in total. The van der Waals surface area contributed by atoms with E-state index in [1.165, 1.54) is 27.6 Å². The minimum absolute atomic E-state index is 0.327. The molecule has 0 atom stereocenters. The third-order valence-electron chi connectivity index (χ3n) is 5.77. The van der Waals surface area contributed by atoms with Crippen LogP contribution in [0.3, 0.4) is 0 Å². The first-order valence-electron chi connectivity index (χ1n) is 11.0. The molecule has 0 saturated carbocycles.